The summed E-state index contributed by atoms with van der Waals surface area (Å²) in [4.78, 5) is 4.30. The number of hydrogen-bond acceptors (Lipinski definition) is 1. The van der Waals surface area contributed by atoms with Crippen LogP contribution in [0.1, 0.15) is 25.3 Å². The summed E-state index contributed by atoms with van der Waals surface area (Å²) in [5, 5.41) is 3.23. The van der Waals surface area contributed by atoms with Crippen LogP contribution in [0.2, 0.25) is 0 Å². The van der Waals surface area contributed by atoms with Gasteiger partial charge in [-0.3, -0.25) is 0 Å². The van der Waals surface area contributed by atoms with Crippen molar-refractivity contribution in [2.45, 2.75) is 31.8 Å². The van der Waals surface area contributed by atoms with Gasteiger partial charge >= 0.3 is 0 Å². The quantitative estimate of drug-likeness (QED) is 0.579. The number of nitrogens with zero attached hydrogens (tertiary/aromatic N) is 1. The number of rotatable bonds is 3. The maximum Gasteiger partial charge on any atom is 0.189 e. The van der Waals surface area contributed by atoms with E-state index < -0.39 is 0 Å². The van der Waals surface area contributed by atoms with Gasteiger partial charge in [0, 0.05) is 5.54 Å². The van der Waals surface area contributed by atoms with Crippen molar-refractivity contribution in [1.29, 1.82) is 0 Å². The first-order valence-electron chi connectivity index (χ1n) is 5.30. The Morgan fingerprint density at radius 2 is 2.07 bits per heavy atom. The predicted molar refractivity (Wildman–Crippen MR) is 62.5 cm³/mol. The van der Waals surface area contributed by atoms with E-state index >= 15 is 0 Å². The second kappa shape index (κ2) is 3.93. The molecule has 0 atom stereocenters. The highest BCUT2D eigenvalue weighted by atomic mass is 15.2. The van der Waals surface area contributed by atoms with E-state index in [1.807, 2.05) is 18.2 Å². The van der Waals surface area contributed by atoms with Gasteiger partial charge in [0.2, 0.25) is 0 Å². The van der Waals surface area contributed by atoms with E-state index in [2.05, 4.69) is 29.4 Å². The lowest BCUT2D eigenvalue weighted by molar-refractivity contribution is 0.659. The van der Waals surface area contributed by atoms with Crippen molar-refractivity contribution in [3.8, 4) is 0 Å². The fourth-order valence-corrected chi connectivity index (χ4v) is 1.42. The Hall–Kier alpha value is -1.51. The van der Waals surface area contributed by atoms with Gasteiger partial charge in [-0.05, 0) is 25.3 Å². The number of aliphatic imine (C=N–C) groups is 1. The minimum atomic E-state index is 0.213. The summed E-state index contributed by atoms with van der Waals surface area (Å²) in [6.07, 6.45) is 2.38. The molecule has 2 rings (SSSR count). The molecule has 0 unspecified atom stereocenters. The van der Waals surface area contributed by atoms with Crippen molar-refractivity contribution in [1.82, 2.24) is 5.32 Å². The van der Waals surface area contributed by atoms with Crippen molar-refractivity contribution in [3.05, 3.63) is 35.9 Å². The molecule has 3 nitrogen and oxygen atoms in total. The van der Waals surface area contributed by atoms with Crippen LogP contribution in [0, 0.1) is 0 Å². The van der Waals surface area contributed by atoms with Gasteiger partial charge in [0.1, 0.15) is 0 Å². The third-order valence-electron chi connectivity index (χ3n) is 2.70. The molecule has 1 aliphatic rings. The average molecular weight is 203 g/mol. The largest absolute Gasteiger partial charge is 0.370 e. The highest BCUT2D eigenvalue weighted by Gasteiger charge is 2.37. The van der Waals surface area contributed by atoms with Crippen LogP contribution in [0.3, 0.4) is 0 Å². The maximum atomic E-state index is 5.79. The first-order chi connectivity index (χ1) is 7.18. The van der Waals surface area contributed by atoms with Crippen LogP contribution in [0.25, 0.3) is 0 Å². The van der Waals surface area contributed by atoms with E-state index in [1.54, 1.807) is 0 Å². The van der Waals surface area contributed by atoms with Gasteiger partial charge < -0.3 is 11.1 Å². The predicted octanol–water partition coefficient (Wildman–Crippen LogP) is 1.64. The van der Waals surface area contributed by atoms with Crippen LogP contribution in [0.4, 0.5) is 0 Å². The van der Waals surface area contributed by atoms with Gasteiger partial charge in [0.05, 0.1) is 6.54 Å². The molecule has 0 heterocycles. The summed E-state index contributed by atoms with van der Waals surface area (Å²) in [6.45, 7) is 2.81. The second-order valence-corrected chi connectivity index (χ2v) is 4.37. The van der Waals surface area contributed by atoms with Crippen LogP contribution in [0.5, 0.6) is 0 Å². The fraction of sp³-hybridized carbons (Fsp3) is 0.417. The molecule has 3 N–H and O–H groups in total. The molecule has 0 saturated heterocycles. The van der Waals surface area contributed by atoms with Crippen molar-refractivity contribution in [2.75, 3.05) is 0 Å². The number of nitrogens with two attached hydrogens (primary N) is 1. The van der Waals surface area contributed by atoms with Crippen molar-refractivity contribution >= 4 is 5.96 Å². The molecule has 0 bridgehead atoms. The molecular weight excluding hydrogens is 186 g/mol. The molecule has 1 aliphatic carbocycles. The fourth-order valence-electron chi connectivity index (χ4n) is 1.42. The Balaban J connectivity index is 1.88. The molecule has 0 aromatic heterocycles. The molecule has 15 heavy (non-hydrogen) atoms. The zero-order valence-electron chi connectivity index (χ0n) is 9.03. The first kappa shape index (κ1) is 10.0. The Kier molecular flexibility index (Phi) is 2.62. The van der Waals surface area contributed by atoms with Crippen molar-refractivity contribution in [3.63, 3.8) is 0 Å². The Morgan fingerprint density at radius 1 is 1.40 bits per heavy atom. The van der Waals surface area contributed by atoms with Gasteiger partial charge in [-0.2, -0.15) is 0 Å². The summed E-state index contributed by atoms with van der Waals surface area (Å²) in [5.41, 5.74) is 7.18. The van der Waals surface area contributed by atoms with Crippen LogP contribution >= 0.6 is 0 Å². The standard InChI is InChI=1S/C12H17N3/c1-12(7-8-12)15-11(13)14-9-10-5-3-2-4-6-10/h2-6H,7-9H2,1H3,(H3,13,14,15). The lowest BCUT2D eigenvalue weighted by Gasteiger charge is -2.11. The smallest absolute Gasteiger partial charge is 0.189 e. The molecule has 1 aromatic rings. The number of benzene rings is 1. The van der Waals surface area contributed by atoms with E-state index in [9.17, 15) is 0 Å². The molecule has 0 aliphatic heterocycles. The molecule has 80 valence electrons. The molecule has 1 aromatic carbocycles. The second-order valence-electron chi connectivity index (χ2n) is 4.37. The highest BCUT2D eigenvalue weighted by molar-refractivity contribution is 5.79. The molecule has 3 heteroatoms. The Bertz CT molecular complexity index is 352. The Morgan fingerprint density at radius 3 is 2.67 bits per heavy atom. The van der Waals surface area contributed by atoms with Gasteiger partial charge in [-0.1, -0.05) is 30.3 Å². The number of guanidine groups is 1. The topological polar surface area (TPSA) is 50.4 Å². The highest BCUT2D eigenvalue weighted by Crippen LogP contribution is 2.33. The van der Waals surface area contributed by atoms with Crippen LogP contribution in [0.15, 0.2) is 35.3 Å². The SMILES string of the molecule is CC1(NC(N)=NCc2ccccc2)CC1. The van der Waals surface area contributed by atoms with Crippen molar-refractivity contribution < 1.29 is 0 Å². The van der Waals surface area contributed by atoms with E-state index in [0.717, 1.165) is 0 Å². The van der Waals surface area contributed by atoms with E-state index in [-0.39, 0.29) is 5.54 Å². The van der Waals surface area contributed by atoms with Crippen LogP contribution < -0.4 is 11.1 Å². The summed E-state index contributed by atoms with van der Waals surface area (Å²) in [5.74, 6) is 0.554. The van der Waals surface area contributed by atoms with Crippen LogP contribution in [-0.4, -0.2) is 11.5 Å². The maximum absolute atomic E-state index is 5.79. The molecule has 0 spiro atoms. The zero-order valence-corrected chi connectivity index (χ0v) is 9.03. The third-order valence-corrected chi connectivity index (χ3v) is 2.70. The first-order valence-corrected chi connectivity index (χ1v) is 5.30. The number of hydrogen-bond donors (Lipinski definition) is 2. The van der Waals surface area contributed by atoms with Gasteiger partial charge in [0.25, 0.3) is 0 Å². The molecule has 0 amide bonds. The lowest BCUT2D eigenvalue weighted by atomic mass is 10.2. The molecular formula is C12H17N3. The van der Waals surface area contributed by atoms with E-state index in [1.165, 1.54) is 18.4 Å². The van der Waals surface area contributed by atoms with Crippen LogP contribution in [-0.2, 0) is 6.54 Å². The van der Waals surface area contributed by atoms with Gasteiger partial charge in [-0.25, -0.2) is 4.99 Å². The summed E-state index contributed by atoms with van der Waals surface area (Å²) < 4.78 is 0. The minimum Gasteiger partial charge on any atom is -0.370 e. The van der Waals surface area contributed by atoms with Crippen molar-refractivity contribution in [2.24, 2.45) is 10.7 Å². The monoisotopic (exact) mass is 203 g/mol. The normalized spacial score (nSPS) is 18.6. The summed E-state index contributed by atoms with van der Waals surface area (Å²) in [7, 11) is 0. The Labute approximate surface area is 90.4 Å². The van der Waals surface area contributed by atoms with Gasteiger partial charge in [0.15, 0.2) is 5.96 Å². The molecule has 0 radical (unpaired) electrons. The van der Waals surface area contributed by atoms with Gasteiger partial charge in [-0.15, -0.1) is 0 Å². The summed E-state index contributed by atoms with van der Waals surface area (Å²) >= 11 is 0. The van der Waals surface area contributed by atoms with E-state index in [0.29, 0.717) is 12.5 Å². The zero-order chi connectivity index (χ0) is 10.7. The molecule has 1 saturated carbocycles. The lowest BCUT2D eigenvalue weighted by Crippen LogP contribution is -2.39. The molecule has 1 fully saturated rings. The third kappa shape index (κ3) is 2.98. The minimum absolute atomic E-state index is 0.213. The average Bonchev–Trinajstić information content (AvgIpc) is 2.95. The van der Waals surface area contributed by atoms with E-state index in [4.69, 9.17) is 5.73 Å². The number of nitrogens with one attached hydrogen (secondary N) is 1. The summed E-state index contributed by atoms with van der Waals surface area (Å²) in [6, 6.07) is 10.1.